The quantitative estimate of drug-likeness (QED) is 0.372. The fourth-order valence-corrected chi connectivity index (χ4v) is 2.91. The molecular weight excluding hydrogens is 352 g/mol. The summed E-state index contributed by atoms with van der Waals surface area (Å²) in [5.74, 6) is 1.54. The SMILES string of the molecule is CN=C(NCCOc1cc(C)cc(C)c1)NCCc1cccc(C(=O)NC)c1. The molecule has 2 rings (SSSR count). The predicted octanol–water partition coefficient (Wildman–Crippen LogP) is 2.45. The monoisotopic (exact) mass is 382 g/mol. The first-order valence-electron chi connectivity index (χ1n) is 9.48. The Morgan fingerprint density at radius 3 is 2.43 bits per heavy atom. The fourth-order valence-electron chi connectivity index (χ4n) is 2.91. The van der Waals surface area contributed by atoms with Gasteiger partial charge < -0.3 is 20.7 Å². The minimum Gasteiger partial charge on any atom is -0.492 e. The number of benzene rings is 2. The molecule has 0 aliphatic heterocycles. The summed E-state index contributed by atoms with van der Waals surface area (Å²) in [6.07, 6.45) is 0.796. The molecule has 0 unspecified atom stereocenters. The molecule has 2 aromatic rings. The van der Waals surface area contributed by atoms with Crippen molar-refractivity contribution >= 4 is 11.9 Å². The highest BCUT2D eigenvalue weighted by molar-refractivity contribution is 5.94. The van der Waals surface area contributed by atoms with Crippen LogP contribution in [0.2, 0.25) is 0 Å². The summed E-state index contributed by atoms with van der Waals surface area (Å²) < 4.78 is 5.80. The molecular formula is C22H30N4O2. The second-order valence-electron chi connectivity index (χ2n) is 6.63. The molecule has 2 aromatic carbocycles. The van der Waals surface area contributed by atoms with Gasteiger partial charge in [0.15, 0.2) is 5.96 Å². The van der Waals surface area contributed by atoms with Gasteiger partial charge in [0.1, 0.15) is 12.4 Å². The van der Waals surface area contributed by atoms with Crippen molar-refractivity contribution in [2.24, 2.45) is 4.99 Å². The lowest BCUT2D eigenvalue weighted by Crippen LogP contribution is -2.40. The smallest absolute Gasteiger partial charge is 0.251 e. The van der Waals surface area contributed by atoms with Crippen molar-refractivity contribution in [1.29, 1.82) is 0 Å². The first kappa shape index (κ1) is 21.3. The second kappa shape index (κ2) is 11.0. The summed E-state index contributed by atoms with van der Waals surface area (Å²) >= 11 is 0. The van der Waals surface area contributed by atoms with Crippen LogP contribution in [-0.2, 0) is 6.42 Å². The highest BCUT2D eigenvalue weighted by atomic mass is 16.5. The number of hydrogen-bond acceptors (Lipinski definition) is 3. The van der Waals surface area contributed by atoms with E-state index in [0.29, 0.717) is 18.7 Å². The first-order valence-corrected chi connectivity index (χ1v) is 9.48. The summed E-state index contributed by atoms with van der Waals surface area (Å²) in [7, 11) is 3.38. The number of amides is 1. The molecule has 0 heterocycles. The zero-order chi connectivity index (χ0) is 20.4. The number of guanidine groups is 1. The van der Waals surface area contributed by atoms with Crippen molar-refractivity contribution in [3.63, 3.8) is 0 Å². The summed E-state index contributed by atoms with van der Waals surface area (Å²) in [4.78, 5) is 15.9. The number of nitrogens with zero attached hydrogens (tertiary/aromatic N) is 1. The number of rotatable bonds is 8. The van der Waals surface area contributed by atoms with E-state index in [0.717, 1.165) is 30.2 Å². The van der Waals surface area contributed by atoms with Gasteiger partial charge in [0.25, 0.3) is 5.91 Å². The van der Waals surface area contributed by atoms with Crippen molar-refractivity contribution in [2.45, 2.75) is 20.3 Å². The van der Waals surface area contributed by atoms with Crippen LogP contribution in [-0.4, -0.2) is 45.7 Å². The third kappa shape index (κ3) is 6.95. The van der Waals surface area contributed by atoms with Crippen LogP contribution < -0.4 is 20.7 Å². The molecule has 0 bridgehead atoms. The number of hydrogen-bond donors (Lipinski definition) is 3. The Hall–Kier alpha value is -3.02. The van der Waals surface area contributed by atoms with Gasteiger partial charge in [-0.25, -0.2) is 0 Å². The predicted molar refractivity (Wildman–Crippen MR) is 114 cm³/mol. The molecule has 0 spiro atoms. The molecule has 0 saturated heterocycles. The summed E-state index contributed by atoms with van der Waals surface area (Å²) in [5.41, 5.74) is 4.16. The van der Waals surface area contributed by atoms with Crippen LogP contribution in [0.15, 0.2) is 47.5 Å². The van der Waals surface area contributed by atoms with Gasteiger partial charge in [-0.1, -0.05) is 18.2 Å². The molecule has 0 aliphatic rings. The summed E-state index contributed by atoms with van der Waals surface area (Å²) in [6.45, 7) is 6.05. The van der Waals surface area contributed by atoms with E-state index >= 15 is 0 Å². The normalized spacial score (nSPS) is 11.1. The number of ether oxygens (including phenoxy) is 1. The van der Waals surface area contributed by atoms with Gasteiger partial charge in [-0.2, -0.15) is 0 Å². The zero-order valence-electron chi connectivity index (χ0n) is 17.1. The highest BCUT2D eigenvalue weighted by Crippen LogP contribution is 2.15. The van der Waals surface area contributed by atoms with E-state index in [1.54, 1.807) is 14.1 Å². The van der Waals surface area contributed by atoms with Gasteiger partial charge in [0.05, 0.1) is 6.54 Å². The van der Waals surface area contributed by atoms with Gasteiger partial charge in [-0.3, -0.25) is 9.79 Å². The van der Waals surface area contributed by atoms with Crippen molar-refractivity contribution in [1.82, 2.24) is 16.0 Å². The molecule has 28 heavy (non-hydrogen) atoms. The van der Waals surface area contributed by atoms with Gasteiger partial charge in [0, 0.05) is 26.2 Å². The van der Waals surface area contributed by atoms with Crippen molar-refractivity contribution in [2.75, 3.05) is 33.8 Å². The highest BCUT2D eigenvalue weighted by Gasteiger charge is 2.04. The van der Waals surface area contributed by atoms with E-state index in [-0.39, 0.29) is 5.91 Å². The molecule has 0 aliphatic carbocycles. The van der Waals surface area contributed by atoms with Crippen LogP contribution in [0.25, 0.3) is 0 Å². The van der Waals surface area contributed by atoms with Crippen molar-refractivity contribution < 1.29 is 9.53 Å². The van der Waals surface area contributed by atoms with Crippen molar-refractivity contribution in [3.05, 3.63) is 64.7 Å². The second-order valence-corrected chi connectivity index (χ2v) is 6.63. The van der Waals surface area contributed by atoms with Gasteiger partial charge in [-0.15, -0.1) is 0 Å². The topological polar surface area (TPSA) is 74.8 Å². The van der Waals surface area contributed by atoms with Gasteiger partial charge in [-0.05, 0) is 61.2 Å². The maximum absolute atomic E-state index is 11.7. The molecule has 1 amide bonds. The van der Waals surface area contributed by atoms with Crippen LogP contribution in [0.3, 0.4) is 0 Å². The molecule has 6 heteroatoms. The molecule has 6 nitrogen and oxygen atoms in total. The molecule has 0 aromatic heterocycles. The maximum atomic E-state index is 11.7. The molecule has 0 radical (unpaired) electrons. The largest absolute Gasteiger partial charge is 0.492 e. The van der Waals surface area contributed by atoms with Crippen LogP contribution >= 0.6 is 0 Å². The number of carbonyl (C=O) groups excluding carboxylic acids is 1. The summed E-state index contributed by atoms with van der Waals surface area (Å²) in [5, 5.41) is 9.17. The minimum absolute atomic E-state index is 0.0731. The van der Waals surface area contributed by atoms with Crippen molar-refractivity contribution in [3.8, 4) is 5.75 Å². The Bertz CT molecular complexity index is 798. The molecule has 0 atom stereocenters. The average molecular weight is 383 g/mol. The van der Waals surface area contributed by atoms with E-state index in [4.69, 9.17) is 4.74 Å². The van der Waals surface area contributed by atoms with E-state index in [9.17, 15) is 4.79 Å². The Kier molecular flexibility index (Phi) is 8.34. The van der Waals surface area contributed by atoms with E-state index in [2.05, 4.69) is 40.9 Å². The first-order chi connectivity index (χ1) is 13.5. The molecule has 0 fully saturated rings. The van der Waals surface area contributed by atoms with Gasteiger partial charge >= 0.3 is 0 Å². The van der Waals surface area contributed by atoms with E-state index in [1.165, 1.54) is 11.1 Å². The molecule has 3 N–H and O–H groups in total. The lowest BCUT2D eigenvalue weighted by Gasteiger charge is -2.13. The van der Waals surface area contributed by atoms with E-state index in [1.807, 2.05) is 36.4 Å². The number of nitrogens with one attached hydrogen (secondary N) is 3. The Labute approximate surface area is 167 Å². The third-order valence-electron chi connectivity index (χ3n) is 4.20. The number of aliphatic imine (C=N–C) groups is 1. The standard InChI is InChI=1S/C22H30N4O2/c1-16-12-17(2)14-20(13-16)28-11-10-26-22(24-4)25-9-8-18-6-5-7-19(15-18)21(27)23-3/h5-7,12-15H,8-11H2,1-4H3,(H,23,27)(H2,24,25,26). The van der Waals surface area contributed by atoms with Crippen LogP contribution in [0, 0.1) is 13.8 Å². The van der Waals surface area contributed by atoms with Gasteiger partial charge in [0.2, 0.25) is 0 Å². The van der Waals surface area contributed by atoms with Crippen LogP contribution in [0.5, 0.6) is 5.75 Å². The summed E-state index contributed by atoms with van der Waals surface area (Å²) in [6, 6.07) is 13.8. The Morgan fingerprint density at radius 2 is 1.75 bits per heavy atom. The Balaban J connectivity index is 1.72. The maximum Gasteiger partial charge on any atom is 0.251 e. The fraction of sp³-hybridized carbons (Fsp3) is 0.364. The molecule has 150 valence electrons. The lowest BCUT2D eigenvalue weighted by atomic mass is 10.1. The lowest BCUT2D eigenvalue weighted by molar-refractivity contribution is 0.0963. The Morgan fingerprint density at radius 1 is 1.04 bits per heavy atom. The van der Waals surface area contributed by atoms with E-state index < -0.39 is 0 Å². The van der Waals surface area contributed by atoms with Crippen LogP contribution in [0.4, 0.5) is 0 Å². The average Bonchev–Trinajstić information content (AvgIpc) is 2.68. The third-order valence-corrected chi connectivity index (χ3v) is 4.20. The number of carbonyl (C=O) groups is 1. The molecule has 0 saturated carbocycles. The van der Waals surface area contributed by atoms with Crippen LogP contribution in [0.1, 0.15) is 27.0 Å². The zero-order valence-corrected chi connectivity index (χ0v) is 17.1. The number of aryl methyl sites for hydroxylation is 2. The minimum atomic E-state index is -0.0731.